The molecule has 0 atom stereocenters. The van der Waals surface area contributed by atoms with E-state index in [-0.39, 0.29) is 0 Å². The van der Waals surface area contributed by atoms with E-state index in [1.165, 1.54) is 119 Å². The molecule has 0 saturated heterocycles. The number of aromatic nitrogens is 2. The van der Waals surface area contributed by atoms with Crippen molar-refractivity contribution in [3.63, 3.8) is 0 Å². The minimum absolute atomic E-state index is 0.842. The lowest BCUT2D eigenvalue weighted by Gasteiger charge is -2.06. The van der Waals surface area contributed by atoms with Crippen LogP contribution in [0.2, 0.25) is 0 Å². The first kappa shape index (κ1) is 27.9. The highest BCUT2D eigenvalue weighted by atomic mass is 32.2. The molecule has 1 aromatic carbocycles. The molecule has 0 aliphatic heterocycles. The molecule has 2 aromatic rings. The first-order chi connectivity index (χ1) is 16.3. The van der Waals surface area contributed by atoms with Crippen LogP contribution in [-0.2, 0) is 6.42 Å². The fraction of sp³-hybridized carbons (Fsp3) is 0.667. The molecule has 0 aliphatic rings. The Kier molecular flexibility index (Phi) is 16.1. The molecule has 2 nitrogen and oxygen atoms in total. The van der Waals surface area contributed by atoms with Gasteiger partial charge in [0.1, 0.15) is 0 Å². The Hall–Kier alpha value is -1.35. The number of thioether (sulfide) groups is 1. The van der Waals surface area contributed by atoms with Crippen molar-refractivity contribution in [3.05, 3.63) is 42.2 Å². The summed E-state index contributed by atoms with van der Waals surface area (Å²) in [5.41, 5.74) is 2.38. The third-order valence-corrected chi connectivity index (χ3v) is 7.50. The van der Waals surface area contributed by atoms with Crippen LogP contribution in [0.5, 0.6) is 0 Å². The van der Waals surface area contributed by atoms with Gasteiger partial charge >= 0.3 is 0 Å². The van der Waals surface area contributed by atoms with Gasteiger partial charge in [-0.05, 0) is 42.7 Å². The maximum Gasteiger partial charge on any atom is 0.159 e. The minimum Gasteiger partial charge on any atom is -0.236 e. The first-order valence-corrected chi connectivity index (χ1v) is 14.9. The van der Waals surface area contributed by atoms with Gasteiger partial charge in [0, 0.05) is 22.9 Å². The quantitative estimate of drug-likeness (QED) is 0.143. The Labute approximate surface area is 208 Å². The lowest BCUT2D eigenvalue weighted by atomic mass is 10.1. The van der Waals surface area contributed by atoms with Crippen LogP contribution < -0.4 is 0 Å². The van der Waals surface area contributed by atoms with Crippen molar-refractivity contribution in [2.75, 3.05) is 5.75 Å². The topological polar surface area (TPSA) is 25.8 Å². The van der Waals surface area contributed by atoms with Gasteiger partial charge in [0.2, 0.25) is 0 Å². The van der Waals surface area contributed by atoms with Gasteiger partial charge in [-0.25, -0.2) is 9.97 Å². The summed E-state index contributed by atoms with van der Waals surface area (Å²) in [6.45, 7) is 4.56. The lowest BCUT2D eigenvalue weighted by Crippen LogP contribution is -1.93. The zero-order valence-corrected chi connectivity index (χ0v) is 22.3. The largest absolute Gasteiger partial charge is 0.236 e. The molecule has 0 unspecified atom stereocenters. The highest BCUT2D eigenvalue weighted by molar-refractivity contribution is 7.99. The van der Waals surface area contributed by atoms with Gasteiger partial charge in [-0.15, -0.1) is 11.8 Å². The van der Waals surface area contributed by atoms with Gasteiger partial charge in [0.05, 0.1) is 0 Å². The van der Waals surface area contributed by atoms with E-state index in [0.717, 1.165) is 17.8 Å². The van der Waals surface area contributed by atoms with Gasteiger partial charge in [0.15, 0.2) is 5.82 Å². The van der Waals surface area contributed by atoms with Crippen LogP contribution >= 0.6 is 11.8 Å². The summed E-state index contributed by atoms with van der Waals surface area (Å²) in [5, 5.41) is 0. The SMILES string of the molecule is CCCCCCCCCCSc1ccc(-c2ncc(CCCCCCCCCC)cn2)cc1. The molecule has 3 heteroatoms. The van der Waals surface area contributed by atoms with Crippen LogP contribution in [0.25, 0.3) is 11.4 Å². The molecule has 0 radical (unpaired) electrons. The molecule has 0 spiro atoms. The van der Waals surface area contributed by atoms with Crippen LogP contribution in [-0.4, -0.2) is 15.7 Å². The van der Waals surface area contributed by atoms with Crippen molar-refractivity contribution < 1.29 is 0 Å². The van der Waals surface area contributed by atoms with Crippen molar-refractivity contribution >= 4 is 11.8 Å². The molecule has 0 bridgehead atoms. The van der Waals surface area contributed by atoms with Gasteiger partial charge in [-0.1, -0.05) is 116 Å². The molecular formula is C30H48N2S. The first-order valence-electron chi connectivity index (χ1n) is 13.9. The van der Waals surface area contributed by atoms with Crippen molar-refractivity contribution in [2.24, 2.45) is 0 Å². The van der Waals surface area contributed by atoms with E-state index < -0.39 is 0 Å². The van der Waals surface area contributed by atoms with Gasteiger partial charge < -0.3 is 0 Å². The van der Waals surface area contributed by atoms with E-state index >= 15 is 0 Å². The molecule has 0 fully saturated rings. The number of hydrogen-bond donors (Lipinski definition) is 0. The summed E-state index contributed by atoms with van der Waals surface area (Å²) >= 11 is 1.98. The number of hydrogen-bond acceptors (Lipinski definition) is 3. The molecule has 2 rings (SSSR count). The Morgan fingerprint density at radius 2 is 1.06 bits per heavy atom. The molecule has 33 heavy (non-hydrogen) atoms. The van der Waals surface area contributed by atoms with Crippen LogP contribution in [0, 0.1) is 0 Å². The smallest absolute Gasteiger partial charge is 0.159 e. The molecule has 184 valence electrons. The molecule has 1 heterocycles. The van der Waals surface area contributed by atoms with Crippen molar-refractivity contribution in [3.8, 4) is 11.4 Å². The number of aryl methyl sites for hydroxylation is 1. The molecule has 1 aromatic heterocycles. The molecule has 0 N–H and O–H groups in total. The average molecular weight is 469 g/mol. The highest BCUT2D eigenvalue weighted by Crippen LogP contribution is 2.24. The van der Waals surface area contributed by atoms with Crippen molar-refractivity contribution in [1.82, 2.24) is 9.97 Å². The van der Waals surface area contributed by atoms with Crippen LogP contribution in [0.15, 0.2) is 41.6 Å². The summed E-state index contributed by atoms with van der Waals surface area (Å²) in [6, 6.07) is 8.79. The van der Waals surface area contributed by atoms with Crippen LogP contribution in [0.1, 0.15) is 122 Å². The van der Waals surface area contributed by atoms with Crippen molar-refractivity contribution in [2.45, 2.75) is 128 Å². The Morgan fingerprint density at radius 1 is 0.576 bits per heavy atom. The molecule has 0 aliphatic carbocycles. The predicted octanol–water partition coefficient (Wildman–Crippen LogP) is 10.1. The summed E-state index contributed by atoms with van der Waals surface area (Å²) in [7, 11) is 0. The zero-order chi connectivity index (χ0) is 23.4. The number of benzene rings is 1. The zero-order valence-electron chi connectivity index (χ0n) is 21.5. The fourth-order valence-electron chi connectivity index (χ4n) is 4.22. The van der Waals surface area contributed by atoms with E-state index in [1.54, 1.807) is 0 Å². The van der Waals surface area contributed by atoms with E-state index in [0.29, 0.717) is 0 Å². The summed E-state index contributed by atoms with van der Waals surface area (Å²) in [6.07, 6.45) is 27.1. The van der Waals surface area contributed by atoms with E-state index in [4.69, 9.17) is 0 Å². The third kappa shape index (κ3) is 13.2. The summed E-state index contributed by atoms with van der Waals surface area (Å²) in [5.74, 6) is 2.06. The van der Waals surface area contributed by atoms with Crippen LogP contribution in [0.4, 0.5) is 0 Å². The van der Waals surface area contributed by atoms with Gasteiger partial charge in [-0.2, -0.15) is 0 Å². The van der Waals surface area contributed by atoms with Gasteiger partial charge in [-0.3, -0.25) is 0 Å². The third-order valence-electron chi connectivity index (χ3n) is 6.40. The second-order valence-electron chi connectivity index (χ2n) is 9.49. The number of nitrogens with zero attached hydrogens (tertiary/aromatic N) is 2. The predicted molar refractivity (Wildman–Crippen MR) is 147 cm³/mol. The summed E-state index contributed by atoms with van der Waals surface area (Å²) < 4.78 is 0. The Morgan fingerprint density at radius 3 is 1.61 bits per heavy atom. The van der Waals surface area contributed by atoms with Crippen molar-refractivity contribution in [1.29, 1.82) is 0 Å². The van der Waals surface area contributed by atoms with E-state index in [2.05, 4.69) is 48.1 Å². The van der Waals surface area contributed by atoms with Gasteiger partial charge in [0.25, 0.3) is 0 Å². The van der Waals surface area contributed by atoms with E-state index in [1.807, 2.05) is 24.2 Å². The molecule has 0 amide bonds. The maximum absolute atomic E-state index is 4.63. The highest BCUT2D eigenvalue weighted by Gasteiger charge is 2.03. The maximum atomic E-state index is 4.63. The molecular weight excluding hydrogens is 420 g/mol. The Balaban J connectivity index is 1.59. The lowest BCUT2D eigenvalue weighted by molar-refractivity contribution is 0.575. The number of rotatable bonds is 20. The fourth-order valence-corrected chi connectivity index (χ4v) is 5.13. The monoisotopic (exact) mass is 468 g/mol. The number of unbranched alkanes of at least 4 members (excludes halogenated alkanes) is 14. The minimum atomic E-state index is 0.842. The standard InChI is InChI=1S/C30H48N2S/c1-3-5-7-9-11-13-15-17-19-27-25-31-30(32-26-27)28-20-22-29(23-21-28)33-24-18-16-14-12-10-8-6-4-2/h20-23,25-26H,3-19,24H2,1-2H3. The Bertz CT molecular complexity index is 696. The average Bonchev–Trinajstić information content (AvgIpc) is 2.85. The second-order valence-corrected chi connectivity index (χ2v) is 10.7. The molecule has 0 saturated carbocycles. The van der Waals surface area contributed by atoms with Crippen LogP contribution in [0.3, 0.4) is 0 Å². The summed E-state index contributed by atoms with van der Waals surface area (Å²) in [4.78, 5) is 10.6. The van der Waals surface area contributed by atoms with E-state index in [9.17, 15) is 0 Å². The normalized spacial score (nSPS) is 11.2. The second kappa shape index (κ2) is 19.0.